The molecule has 0 unspecified atom stereocenters. The van der Waals surface area contributed by atoms with Crippen LogP contribution >= 0.6 is 22.6 Å². The topological polar surface area (TPSA) is 26.0 Å². The minimum Gasteiger partial charge on any atom is -0.321 e. The van der Waals surface area contributed by atoms with Crippen LogP contribution in [0.4, 0.5) is 0 Å². The molecule has 1 aromatic rings. The van der Waals surface area contributed by atoms with Crippen LogP contribution < -0.4 is 5.73 Å². The van der Waals surface area contributed by atoms with E-state index in [1.165, 1.54) is 15.6 Å². The number of halogens is 1. The van der Waals surface area contributed by atoms with Crippen molar-refractivity contribution in [1.82, 2.24) is 0 Å². The van der Waals surface area contributed by atoms with Crippen molar-refractivity contribution in [3.05, 3.63) is 33.4 Å². The third-order valence-electron chi connectivity index (χ3n) is 2.65. The second-order valence-electron chi connectivity index (χ2n) is 3.52. The van der Waals surface area contributed by atoms with Crippen LogP contribution in [-0.2, 0) is 5.54 Å². The first kappa shape index (κ1) is 8.51. The Morgan fingerprint density at radius 2 is 2.08 bits per heavy atom. The molecule has 12 heavy (non-hydrogen) atoms. The van der Waals surface area contributed by atoms with Crippen molar-refractivity contribution in [3.63, 3.8) is 0 Å². The maximum absolute atomic E-state index is 6.19. The number of rotatable bonds is 1. The molecule has 64 valence electrons. The van der Waals surface area contributed by atoms with Gasteiger partial charge in [0.15, 0.2) is 0 Å². The van der Waals surface area contributed by atoms with Gasteiger partial charge in [-0.05, 0) is 59.5 Å². The van der Waals surface area contributed by atoms with Gasteiger partial charge in [0.05, 0.1) is 0 Å². The monoisotopic (exact) mass is 273 g/mol. The first-order chi connectivity index (χ1) is 5.71. The molecule has 1 nitrogen and oxygen atoms in total. The highest BCUT2D eigenvalue weighted by molar-refractivity contribution is 14.1. The van der Waals surface area contributed by atoms with E-state index in [-0.39, 0.29) is 5.54 Å². The van der Waals surface area contributed by atoms with Gasteiger partial charge in [-0.1, -0.05) is 12.1 Å². The summed E-state index contributed by atoms with van der Waals surface area (Å²) in [5.41, 5.74) is 7.50. The summed E-state index contributed by atoms with van der Waals surface area (Å²) in [6.07, 6.45) is 3.57. The van der Waals surface area contributed by atoms with Gasteiger partial charge in [0.1, 0.15) is 0 Å². The third-order valence-corrected chi connectivity index (χ3v) is 3.32. The van der Waals surface area contributed by atoms with E-state index >= 15 is 0 Å². The summed E-state index contributed by atoms with van der Waals surface area (Å²) in [5, 5.41) is 0. The fourth-order valence-electron chi connectivity index (χ4n) is 1.64. The van der Waals surface area contributed by atoms with Gasteiger partial charge in [0, 0.05) is 9.11 Å². The van der Waals surface area contributed by atoms with Gasteiger partial charge < -0.3 is 5.73 Å². The maximum Gasteiger partial charge on any atom is 0.0410 e. The van der Waals surface area contributed by atoms with Gasteiger partial charge in [-0.3, -0.25) is 0 Å². The highest BCUT2D eigenvalue weighted by Gasteiger charge is 2.34. The second kappa shape index (κ2) is 3.00. The Kier molecular flexibility index (Phi) is 2.12. The molecule has 0 spiro atoms. The summed E-state index contributed by atoms with van der Waals surface area (Å²) >= 11 is 2.33. The predicted molar refractivity (Wildman–Crippen MR) is 58.9 cm³/mol. The molecule has 0 aliphatic heterocycles. The van der Waals surface area contributed by atoms with Gasteiger partial charge in [0.2, 0.25) is 0 Å². The Morgan fingerprint density at radius 3 is 2.58 bits per heavy atom. The molecule has 1 aliphatic carbocycles. The quantitative estimate of drug-likeness (QED) is 0.782. The summed E-state index contributed by atoms with van der Waals surface area (Å²) in [4.78, 5) is 0. The lowest BCUT2D eigenvalue weighted by Crippen LogP contribution is -2.43. The number of hydrogen-bond donors (Lipinski definition) is 1. The standard InChI is InChI=1S/C10H12IN/c11-9-4-1-3-8(7-9)10(12)5-2-6-10/h1,3-4,7H,2,5-6,12H2. The Balaban J connectivity index is 2.33. The summed E-state index contributed by atoms with van der Waals surface area (Å²) in [6.45, 7) is 0. The molecule has 0 heterocycles. The molecule has 1 aliphatic rings. The fourth-order valence-corrected chi connectivity index (χ4v) is 2.19. The molecule has 2 rings (SSSR count). The van der Waals surface area contributed by atoms with Crippen LogP contribution in [0.25, 0.3) is 0 Å². The molecule has 0 saturated heterocycles. The maximum atomic E-state index is 6.19. The second-order valence-corrected chi connectivity index (χ2v) is 4.77. The van der Waals surface area contributed by atoms with Gasteiger partial charge in [0.25, 0.3) is 0 Å². The van der Waals surface area contributed by atoms with Gasteiger partial charge in [-0.25, -0.2) is 0 Å². The van der Waals surface area contributed by atoms with Crippen LogP contribution in [0.1, 0.15) is 24.8 Å². The summed E-state index contributed by atoms with van der Waals surface area (Å²) in [5.74, 6) is 0. The van der Waals surface area contributed by atoms with Gasteiger partial charge in [-0.15, -0.1) is 0 Å². The van der Waals surface area contributed by atoms with E-state index < -0.39 is 0 Å². The van der Waals surface area contributed by atoms with E-state index in [2.05, 4.69) is 46.9 Å². The smallest absolute Gasteiger partial charge is 0.0410 e. The lowest BCUT2D eigenvalue weighted by molar-refractivity contribution is 0.253. The van der Waals surface area contributed by atoms with E-state index in [1.54, 1.807) is 0 Å². The average molecular weight is 273 g/mol. The van der Waals surface area contributed by atoms with Crippen LogP contribution in [-0.4, -0.2) is 0 Å². The lowest BCUT2D eigenvalue weighted by Gasteiger charge is -2.38. The van der Waals surface area contributed by atoms with Crippen molar-refractivity contribution in [2.45, 2.75) is 24.8 Å². The van der Waals surface area contributed by atoms with Crippen LogP contribution in [0.15, 0.2) is 24.3 Å². The van der Waals surface area contributed by atoms with Crippen molar-refractivity contribution in [2.24, 2.45) is 5.73 Å². The van der Waals surface area contributed by atoms with Crippen LogP contribution in [0.5, 0.6) is 0 Å². The molecule has 2 heteroatoms. The molecule has 1 aromatic carbocycles. The number of nitrogens with two attached hydrogens (primary N) is 1. The fraction of sp³-hybridized carbons (Fsp3) is 0.400. The van der Waals surface area contributed by atoms with Gasteiger partial charge >= 0.3 is 0 Å². The summed E-state index contributed by atoms with van der Waals surface area (Å²) in [6, 6.07) is 8.52. The zero-order valence-corrected chi connectivity index (χ0v) is 9.04. The molecule has 0 amide bonds. The van der Waals surface area contributed by atoms with Crippen molar-refractivity contribution < 1.29 is 0 Å². The van der Waals surface area contributed by atoms with Crippen molar-refractivity contribution >= 4 is 22.6 Å². The van der Waals surface area contributed by atoms with Crippen LogP contribution in [0.2, 0.25) is 0 Å². The minimum atomic E-state index is 0.00117. The summed E-state index contributed by atoms with van der Waals surface area (Å²) in [7, 11) is 0. The van der Waals surface area contributed by atoms with E-state index in [4.69, 9.17) is 5.73 Å². The molecule has 2 N–H and O–H groups in total. The molecular weight excluding hydrogens is 261 g/mol. The molecule has 0 bridgehead atoms. The van der Waals surface area contributed by atoms with Crippen molar-refractivity contribution in [1.29, 1.82) is 0 Å². The van der Waals surface area contributed by atoms with Crippen LogP contribution in [0.3, 0.4) is 0 Å². The Morgan fingerprint density at radius 1 is 1.33 bits per heavy atom. The van der Waals surface area contributed by atoms with E-state index in [9.17, 15) is 0 Å². The molecule has 1 fully saturated rings. The van der Waals surface area contributed by atoms with Crippen molar-refractivity contribution in [2.75, 3.05) is 0 Å². The van der Waals surface area contributed by atoms with E-state index in [1.807, 2.05) is 0 Å². The van der Waals surface area contributed by atoms with Crippen LogP contribution in [0, 0.1) is 3.57 Å². The largest absolute Gasteiger partial charge is 0.321 e. The average Bonchev–Trinajstić information content (AvgIpc) is 2.00. The Hall–Kier alpha value is -0.0900. The zero-order chi connectivity index (χ0) is 8.60. The molecule has 1 saturated carbocycles. The normalized spacial score (nSPS) is 20.2. The Bertz CT molecular complexity index is 292. The SMILES string of the molecule is NC1(c2cccc(I)c2)CCC1. The number of hydrogen-bond acceptors (Lipinski definition) is 1. The number of benzene rings is 1. The Labute approximate surface area is 86.5 Å². The van der Waals surface area contributed by atoms with E-state index in [0.717, 1.165) is 12.8 Å². The lowest BCUT2D eigenvalue weighted by atomic mass is 9.73. The van der Waals surface area contributed by atoms with Crippen molar-refractivity contribution in [3.8, 4) is 0 Å². The predicted octanol–water partition coefficient (Wildman–Crippen LogP) is 2.63. The van der Waals surface area contributed by atoms with E-state index in [0.29, 0.717) is 0 Å². The molecule has 0 radical (unpaired) electrons. The van der Waals surface area contributed by atoms with Gasteiger partial charge in [-0.2, -0.15) is 0 Å². The zero-order valence-electron chi connectivity index (χ0n) is 6.89. The highest BCUT2D eigenvalue weighted by Crippen LogP contribution is 2.38. The first-order valence-electron chi connectivity index (χ1n) is 4.26. The summed E-state index contributed by atoms with van der Waals surface area (Å²) < 4.78 is 1.28. The first-order valence-corrected chi connectivity index (χ1v) is 5.33. The minimum absolute atomic E-state index is 0.00117. The molecular formula is C10H12IN. The molecule has 0 atom stereocenters. The molecule has 0 aromatic heterocycles. The third kappa shape index (κ3) is 1.38. The highest BCUT2D eigenvalue weighted by atomic mass is 127.